The van der Waals surface area contributed by atoms with Crippen LogP contribution in [0, 0.1) is 26.7 Å². The zero-order valence-corrected chi connectivity index (χ0v) is 14.1. The Bertz CT molecular complexity index is 592. The highest BCUT2D eigenvalue weighted by molar-refractivity contribution is 7.89. The third-order valence-electron chi connectivity index (χ3n) is 3.78. The smallest absolute Gasteiger partial charge is 0.241 e. The van der Waals surface area contributed by atoms with Crippen LogP contribution in [-0.4, -0.2) is 14.5 Å². The number of nitrogen functional groups attached to an aromatic ring is 1. The van der Waals surface area contributed by atoms with E-state index >= 15 is 0 Å². The lowest BCUT2D eigenvalue weighted by Gasteiger charge is -2.23. The van der Waals surface area contributed by atoms with Gasteiger partial charge in [0.05, 0.1) is 4.90 Å². The van der Waals surface area contributed by atoms with Crippen LogP contribution in [0.25, 0.3) is 0 Å². The van der Waals surface area contributed by atoms with Gasteiger partial charge in [-0.1, -0.05) is 26.8 Å². The monoisotopic (exact) mass is 298 g/mol. The number of nitrogens with two attached hydrogens (primary N) is 1. The van der Waals surface area contributed by atoms with Crippen molar-refractivity contribution in [1.29, 1.82) is 0 Å². The molecular formula is C15H26N2O2S. The molecule has 0 bridgehead atoms. The molecule has 1 atom stereocenters. The molecule has 0 spiro atoms. The Labute approximate surface area is 122 Å². The molecule has 5 heteroatoms. The van der Waals surface area contributed by atoms with Crippen molar-refractivity contribution in [3.05, 3.63) is 22.8 Å². The Kier molecular flexibility index (Phi) is 5.21. The highest BCUT2D eigenvalue weighted by atomic mass is 32.2. The number of hydrogen-bond acceptors (Lipinski definition) is 3. The van der Waals surface area contributed by atoms with E-state index in [9.17, 15) is 8.42 Å². The summed E-state index contributed by atoms with van der Waals surface area (Å²) in [6.45, 7) is 11.5. The number of rotatable bonds is 5. The van der Waals surface area contributed by atoms with E-state index in [-0.39, 0.29) is 12.0 Å². The zero-order chi connectivity index (χ0) is 15.7. The molecule has 0 aromatic heterocycles. The molecular weight excluding hydrogens is 272 g/mol. The summed E-state index contributed by atoms with van der Waals surface area (Å²) < 4.78 is 28.1. The van der Waals surface area contributed by atoms with Crippen molar-refractivity contribution >= 4 is 15.7 Å². The molecule has 3 N–H and O–H groups in total. The summed E-state index contributed by atoms with van der Waals surface area (Å²) in [7, 11) is -3.55. The largest absolute Gasteiger partial charge is 0.398 e. The van der Waals surface area contributed by atoms with Gasteiger partial charge in [0.25, 0.3) is 0 Å². The molecule has 1 rings (SSSR count). The standard InChI is InChI=1S/C15H26N2O2S/c1-7-13(9(2)3)17-20(18,19)15-11(5)8-10(4)14(16)12(15)6/h8-9,13,17H,7,16H2,1-6H3. The van der Waals surface area contributed by atoms with Gasteiger partial charge in [-0.25, -0.2) is 13.1 Å². The third kappa shape index (κ3) is 3.33. The van der Waals surface area contributed by atoms with Gasteiger partial charge in [0.2, 0.25) is 10.0 Å². The van der Waals surface area contributed by atoms with Crippen molar-refractivity contribution in [2.75, 3.05) is 5.73 Å². The molecule has 0 aliphatic heterocycles. The van der Waals surface area contributed by atoms with Crippen molar-refractivity contribution in [2.45, 2.75) is 58.9 Å². The number of nitrogens with one attached hydrogen (secondary N) is 1. The maximum Gasteiger partial charge on any atom is 0.241 e. The second kappa shape index (κ2) is 6.14. The summed E-state index contributed by atoms with van der Waals surface area (Å²) in [6, 6.07) is 1.76. The Hall–Kier alpha value is -1.07. The Balaban J connectivity index is 3.33. The van der Waals surface area contributed by atoms with Gasteiger partial charge >= 0.3 is 0 Å². The van der Waals surface area contributed by atoms with Crippen molar-refractivity contribution < 1.29 is 8.42 Å². The molecule has 20 heavy (non-hydrogen) atoms. The van der Waals surface area contributed by atoms with E-state index in [1.54, 1.807) is 6.92 Å². The Morgan fingerprint density at radius 2 is 1.75 bits per heavy atom. The minimum atomic E-state index is -3.55. The van der Waals surface area contributed by atoms with Gasteiger partial charge in [-0.3, -0.25) is 0 Å². The second-order valence-electron chi connectivity index (χ2n) is 5.76. The SMILES string of the molecule is CCC(NS(=O)(=O)c1c(C)cc(C)c(N)c1C)C(C)C. The van der Waals surface area contributed by atoms with E-state index in [1.807, 2.05) is 40.7 Å². The molecule has 0 fully saturated rings. The predicted molar refractivity (Wildman–Crippen MR) is 84.3 cm³/mol. The third-order valence-corrected chi connectivity index (χ3v) is 5.56. The number of hydrogen-bond donors (Lipinski definition) is 2. The summed E-state index contributed by atoms with van der Waals surface area (Å²) >= 11 is 0. The molecule has 114 valence electrons. The predicted octanol–water partition coefficient (Wildman–Crippen LogP) is 2.91. The van der Waals surface area contributed by atoms with Crippen LogP contribution in [0.2, 0.25) is 0 Å². The topological polar surface area (TPSA) is 72.2 Å². The lowest BCUT2D eigenvalue weighted by molar-refractivity contribution is 0.437. The molecule has 0 saturated heterocycles. The van der Waals surface area contributed by atoms with Crippen LogP contribution in [0.1, 0.15) is 43.9 Å². The average molecular weight is 298 g/mol. The fourth-order valence-electron chi connectivity index (χ4n) is 2.54. The molecule has 0 amide bonds. The van der Waals surface area contributed by atoms with Gasteiger partial charge in [-0.15, -0.1) is 0 Å². The quantitative estimate of drug-likeness (QED) is 0.821. The summed E-state index contributed by atoms with van der Waals surface area (Å²) in [5.41, 5.74) is 8.81. The van der Waals surface area contributed by atoms with Gasteiger partial charge < -0.3 is 5.73 Å². The lowest BCUT2D eigenvalue weighted by atomic mass is 10.0. The average Bonchev–Trinajstić information content (AvgIpc) is 2.32. The first-order valence-electron chi connectivity index (χ1n) is 7.00. The van der Waals surface area contributed by atoms with Gasteiger partial charge in [0.1, 0.15) is 0 Å². The van der Waals surface area contributed by atoms with Crippen molar-refractivity contribution in [2.24, 2.45) is 5.92 Å². The molecule has 0 saturated carbocycles. The second-order valence-corrected chi connectivity index (χ2v) is 7.41. The Morgan fingerprint density at radius 1 is 1.20 bits per heavy atom. The van der Waals surface area contributed by atoms with Crippen molar-refractivity contribution in [1.82, 2.24) is 4.72 Å². The highest BCUT2D eigenvalue weighted by Gasteiger charge is 2.25. The van der Waals surface area contributed by atoms with E-state index in [4.69, 9.17) is 5.73 Å². The van der Waals surface area contributed by atoms with Gasteiger partial charge in [0.15, 0.2) is 0 Å². The maximum atomic E-state index is 12.6. The Morgan fingerprint density at radius 3 is 2.20 bits per heavy atom. The van der Waals surface area contributed by atoms with E-state index < -0.39 is 10.0 Å². The molecule has 0 heterocycles. The van der Waals surface area contributed by atoms with Gasteiger partial charge in [-0.2, -0.15) is 0 Å². The number of aryl methyl sites for hydroxylation is 2. The van der Waals surface area contributed by atoms with Crippen molar-refractivity contribution in [3.63, 3.8) is 0 Å². The van der Waals surface area contributed by atoms with Crippen LogP contribution >= 0.6 is 0 Å². The molecule has 0 aliphatic carbocycles. The number of sulfonamides is 1. The molecule has 0 aliphatic rings. The van der Waals surface area contributed by atoms with Crippen LogP contribution in [-0.2, 0) is 10.0 Å². The zero-order valence-electron chi connectivity index (χ0n) is 13.2. The first-order valence-corrected chi connectivity index (χ1v) is 8.48. The molecule has 1 aromatic rings. The fourth-order valence-corrected chi connectivity index (χ4v) is 4.50. The van der Waals surface area contributed by atoms with Crippen LogP contribution < -0.4 is 10.5 Å². The van der Waals surface area contributed by atoms with Crippen LogP contribution in [0.15, 0.2) is 11.0 Å². The minimum absolute atomic E-state index is 0.0682. The lowest BCUT2D eigenvalue weighted by Crippen LogP contribution is -2.38. The normalized spacial score (nSPS) is 13.8. The first-order chi connectivity index (χ1) is 9.11. The first kappa shape index (κ1) is 17.0. The summed E-state index contributed by atoms with van der Waals surface area (Å²) in [4.78, 5) is 0.319. The molecule has 4 nitrogen and oxygen atoms in total. The van der Waals surface area contributed by atoms with Gasteiger partial charge in [0, 0.05) is 11.7 Å². The highest BCUT2D eigenvalue weighted by Crippen LogP contribution is 2.28. The summed E-state index contributed by atoms with van der Waals surface area (Å²) in [5, 5.41) is 0. The van der Waals surface area contributed by atoms with E-state index in [0.29, 0.717) is 16.1 Å². The summed E-state index contributed by atoms with van der Waals surface area (Å²) in [5.74, 6) is 0.248. The minimum Gasteiger partial charge on any atom is -0.398 e. The molecule has 1 unspecified atom stereocenters. The van der Waals surface area contributed by atoms with Gasteiger partial charge in [-0.05, 0) is 49.8 Å². The molecule has 1 aromatic carbocycles. The van der Waals surface area contributed by atoms with E-state index in [1.165, 1.54) is 0 Å². The number of anilines is 1. The van der Waals surface area contributed by atoms with E-state index in [2.05, 4.69) is 4.72 Å². The van der Waals surface area contributed by atoms with Crippen LogP contribution in [0.5, 0.6) is 0 Å². The maximum absolute atomic E-state index is 12.6. The molecule has 0 radical (unpaired) electrons. The van der Waals surface area contributed by atoms with Crippen LogP contribution in [0.4, 0.5) is 5.69 Å². The number of benzene rings is 1. The fraction of sp³-hybridized carbons (Fsp3) is 0.600. The van der Waals surface area contributed by atoms with Crippen molar-refractivity contribution in [3.8, 4) is 0 Å². The summed E-state index contributed by atoms with van der Waals surface area (Å²) in [6.07, 6.45) is 0.760. The van der Waals surface area contributed by atoms with Crippen LogP contribution in [0.3, 0.4) is 0 Å². The van der Waals surface area contributed by atoms with E-state index in [0.717, 1.165) is 17.5 Å².